The van der Waals surface area contributed by atoms with Crippen molar-refractivity contribution in [1.82, 2.24) is 10.2 Å². The number of rotatable bonds is 6. The highest BCUT2D eigenvalue weighted by molar-refractivity contribution is 5.92. The van der Waals surface area contributed by atoms with Gasteiger partial charge in [-0.1, -0.05) is 6.07 Å². The number of halogens is 1. The number of nitrogens with zero attached hydrogens (tertiary/aromatic N) is 1. The van der Waals surface area contributed by atoms with Crippen LogP contribution in [0.1, 0.15) is 12.5 Å². The Morgan fingerprint density at radius 2 is 2.14 bits per heavy atom. The van der Waals surface area contributed by atoms with Crippen molar-refractivity contribution in [2.24, 2.45) is 0 Å². The highest BCUT2D eigenvalue weighted by Gasteiger charge is 2.14. The molecule has 1 amide bonds. The lowest BCUT2D eigenvalue weighted by molar-refractivity contribution is -0.115. The number of amides is 1. The van der Waals surface area contributed by atoms with Gasteiger partial charge in [0.25, 0.3) is 0 Å². The molecule has 22 heavy (non-hydrogen) atoms. The largest absolute Gasteiger partial charge is 0.379 e. The molecule has 1 aliphatic rings. The van der Waals surface area contributed by atoms with Crippen LogP contribution in [0.3, 0.4) is 0 Å². The molecule has 6 heteroatoms. The molecule has 0 bridgehead atoms. The highest BCUT2D eigenvalue weighted by atomic mass is 19.1. The molecule has 0 spiro atoms. The van der Waals surface area contributed by atoms with E-state index in [4.69, 9.17) is 4.74 Å². The van der Waals surface area contributed by atoms with Crippen molar-refractivity contribution in [2.75, 3.05) is 44.7 Å². The van der Waals surface area contributed by atoms with Crippen LogP contribution in [0.4, 0.5) is 10.1 Å². The SMILES string of the molecule is Cc1ccc(NC(=O)CN[C@H](C)CN2CCOCC2)c(F)c1. The van der Waals surface area contributed by atoms with Gasteiger partial charge in [-0.05, 0) is 31.5 Å². The maximum absolute atomic E-state index is 13.7. The van der Waals surface area contributed by atoms with Gasteiger partial charge in [0, 0.05) is 25.7 Å². The summed E-state index contributed by atoms with van der Waals surface area (Å²) in [5, 5.41) is 5.75. The van der Waals surface area contributed by atoms with E-state index in [2.05, 4.69) is 15.5 Å². The Kier molecular flexibility index (Phi) is 6.30. The number of carbonyl (C=O) groups is 1. The first kappa shape index (κ1) is 16.9. The van der Waals surface area contributed by atoms with E-state index in [1.165, 1.54) is 6.07 Å². The molecule has 0 radical (unpaired) electrons. The summed E-state index contributed by atoms with van der Waals surface area (Å²) < 4.78 is 19.0. The van der Waals surface area contributed by atoms with E-state index in [1.807, 2.05) is 13.8 Å². The fraction of sp³-hybridized carbons (Fsp3) is 0.562. The van der Waals surface area contributed by atoms with E-state index in [-0.39, 0.29) is 24.2 Å². The van der Waals surface area contributed by atoms with Gasteiger partial charge in [0.15, 0.2) is 0 Å². The van der Waals surface area contributed by atoms with Crippen LogP contribution in [0.2, 0.25) is 0 Å². The first-order chi connectivity index (χ1) is 10.5. The molecule has 0 saturated carbocycles. The Morgan fingerprint density at radius 3 is 2.82 bits per heavy atom. The molecule has 0 aromatic heterocycles. The number of hydrogen-bond donors (Lipinski definition) is 2. The second-order valence-electron chi connectivity index (χ2n) is 5.73. The number of morpholine rings is 1. The zero-order chi connectivity index (χ0) is 15.9. The minimum atomic E-state index is -0.408. The van der Waals surface area contributed by atoms with Crippen LogP contribution in [0.5, 0.6) is 0 Å². The molecule has 1 heterocycles. The van der Waals surface area contributed by atoms with Crippen LogP contribution in [-0.2, 0) is 9.53 Å². The Bertz CT molecular complexity index is 504. The molecule has 2 rings (SSSR count). The van der Waals surface area contributed by atoms with Crippen molar-refractivity contribution in [3.05, 3.63) is 29.6 Å². The van der Waals surface area contributed by atoms with Gasteiger partial charge in [0.1, 0.15) is 5.82 Å². The standard InChI is InChI=1S/C16H24FN3O2/c1-12-3-4-15(14(17)9-12)19-16(21)10-18-13(2)11-20-5-7-22-8-6-20/h3-4,9,13,18H,5-8,10-11H2,1-2H3,(H,19,21)/t13-/m1/s1. The predicted octanol–water partition coefficient (Wildman–Crippen LogP) is 1.38. The summed E-state index contributed by atoms with van der Waals surface area (Å²) in [5.41, 5.74) is 1.05. The Hall–Kier alpha value is -1.50. The van der Waals surface area contributed by atoms with Gasteiger partial charge in [-0.25, -0.2) is 4.39 Å². The summed E-state index contributed by atoms with van der Waals surface area (Å²) in [6.07, 6.45) is 0. The minimum absolute atomic E-state index is 0.165. The molecular weight excluding hydrogens is 285 g/mol. The van der Waals surface area contributed by atoms with Gasteiger partial charge in [-0.15, -0.1) is 0 Å². The first-order valence-corrected chi connectivity index (χ1v) is 7.64. The zero-order valence-corrected chi connectivity index (χ0v) is 13.2. The number of hydrogen-bond acceptors (Lipinski definition) is 4. The third-order valence-electron chi connectivity index (χ3n) is 3.65. The molecular formula is C16H24FN3O2. The number of anilines is 1. The zero-order valence-electron chi connectivity index (χ0n) is 13.2. The van der Waals surface area contributed by atoms with Gasteiger partial charge < -0.3 is 15.4 Å². The maximum atomic E-state index is 13.7. The fourth-order valence-corrected chi connectivity index (χ4v) is 2.42. The summed E-state index contributed by atoms with van der Waals surface area (Å²) in [6.45, 7) is 8.26. The molecule has 2 N–H and O–H groups in total. The molecule has 122 valence electrons. The highest BCUT2D eigenvalue weighted by Crippen LogP contribution is 2.14. The Labute approximate surface area is 130 Å². The van der Waals surface area contributed by atoms with Crippen LogP contribution in [0, 0.1) is 12.7 Å². The van der Waals surface area contributed by atoms with E-state index in [1.54, 1.807) is 12.1 Å². The van der Waals surface area contributed by atoms with Crippen molar-refractivity contribution < 1.29 is 13.9 Å². The number of benzene rings is 1. The summed E-state index contributed by atoms with van der Waals surface area (Å²) in [6, 6.07) is 4.95. The minimum Gasteiger partial charge on any atom is -0.379 e. The van der Waals surface area contributed by atoms with Crippen LogP contribution >= 0.6 is 0 Å². The lowest BCUT2D eigenvalue weighted by Gasteiger charge is -2.29. The van der Waals surface area contributed by atoms with Crippen molar-refractivity contribution in [1.29, 1.82) is 0 Å². The van der Waals surface area contributed by atoms with E-state index in [9.17, 15) is 9.18 Å². The number of ether oxygens (including phenoxy) is 1. The topological polar surface area (TPSA) is 53.6 Å². The average Bonchev–Trinajstić information content (AvgIpc) is 2.49. The quantitative estimate of drug-likeness (QED) is 0.834. The van der Waals surface area contributed by atoms with E-state index < -0.39 is 5.82 Å². The molecule has 5 nitrogen and oxygen atoms in total. The summed E-state index contributed by atoms with van der Waals surface area (Å²) in [7, 11) is 0. The van der Waals surface area contributed by atoms with Gasteiger partial charge in [0.2, 0.25) is 5.91 Å². The predicted molar refractivity (Wildman–Crippen MR) is 84.5 cm³/mol. The smallest absolute Gasteiger partial charge is 0.238 e. The molecule has 1 atom stereocenters. The van der Waals surface area contributed by atoms with Crippen molar-refractivity contribution in [3.8, 4) is 0 Å². The van der Waals surface area contributed by atoms with Crippen LogP contribution in [0.25, 0.3) is 0 Å². The Balaban J connectivity index is 1.72. The van der Waals surface area contributed by atoms with Gasteiger partial charge in [-0.2, -0.15) is 0 Å². The normalized spacial score (nSPS) is 17.2. The second-order valence-corrected chi connectivity index (χ2v) is 5.73. The molecule has 0 aliphatic carbocycles. The van der Waals surface area contributed by atoms with Crippen LogP contribution in [0.15, 0.2) is 18.2 Å². The van der Waals surface area contributed by atoms with Gasteiger partial charge >= 0.3 is 0 Å². The van der Waals surface area contributed by atoms with Crippen molar-refractivity contribution >= 4 is 11.6 Å². The van der Waals surface area contributed by atoms with E-state index in [0.29, 0.717) is 0 Å². The lowest BCUT2D eigenvalue weighted by Crippen LogP contribution is -2.46. The molecule has 1 fully saturated rings. The van der Waals surface area contributed by atoms with Gasteiger partial charge in [0.05, 0.1) is 25.4 Å². The van der Waals surface area contributed by atoms with Crippen LogP contribution in [-0.4, -0.2) is 56.2 Å². The monoisotopic (exact) mass is 309 g/mol. The molecule has 1 saturated heterocycles. The number of aryl methyl sites for hydroxylation is 1. The number of carbonyl (C=O) groups excluding carboxylic acids is 1. The van der Waals surface area contributed by atoms with Crippen molar-refractivity contribution in [3.63, 3.8) is 0 Å². The molecule has 1 aliphatic heterocycles. The molecule has 0 unspecified atom stereocenters. The third kappa shape index (κ3) is 5.36. The average molecular weight is 309 g/mol. The molecule has 1 aromatic carbocycles. The second kappa shape index (κ2) is 8.22. The summed E-state index contributed by atoms with van der Waals surface area (Å²) in [4.78, 5) is 14.2. The summed E-state index contributed by atoms with van der Waals surface area (Å²) in [5.74, 6) is -0.647. The molecule has 1 aromatic rings. The third-order valence-corrected chi connectivity index (χ3v) is 3.65. The van der Waals surface area contributed by atoms with Crippen molar-refractivity contribution in [2.45, 2.75) is 19.9 Å². The lowest BCUT2D eigenvalue weighted by atomic mass is 10.2. The number of nitrogens with one attached hydrogen (secondary N) is 2. The fourth-order valence-electron chi connectivity index (χ4n) is 2.42. The summed E-state index contributed by atoms with van der Waals surface area (Å²) >= 11 is 0. The Morgan fingerprint density at radius 1 is 1.41 bits per heavy atom. The van der Waals surface area contributed by atoms with E-state index in [0.717, 1.165) is 38.4 Å². The maximum Gasteiger partial charge on any atom is 0.238 e. The van der Waals surface area contributed by atoms with Crippen LogP contribution < -0.4 is 10.6 Å². The van der Waals surface area contributed by atoms with E-state index >= 15 is 0 Å². The first-order valence-electron chi connectivity index (χ1n) is 7.64. The van der Waals surface area contributed by atoms with Gasteiger partial charge in [-0.3, -0.25) is 9.69 Å².